The van der Waals surface area contributed by atoms with E-state index in [1.54, 1.807) is 6.07 Å². The molecule has 0 radical (unpaired) electrons. The molecule has 1 N–H and O–H groups in total. The molecule has 0 saturated carbocycles. The molecule has 0 aliphatic heterocycles. The number of hydrogen-bond acceptors (Lipinski definition) is 3. The van der Waals surface area contributed by atoms with Crippen molar-refractivity contribution in [1.82, 2.24) is 9.78 Å². The van der Waals surface area contributed by atoms with Crippen molar-refractivity contribution < 1.29 is 13.6 Å². The van der Waals surface area contributed by atoms with Crippen molar-refractivity contribution in [2.75, 3.05) is 5.32 Å². The Morgan fingerprint density at radius 2 is 1.72 bits per heavy atom. The van der Waals surface area contributed by atoms with Crippen LogP contribution >= 0.6 is 0 Å². The highest BCUT2D eigenvalue weighted by Gasteiger charge is 2.12. The summed E-state index contributed by atoms with van der Waals surface area (Å²) in [5.74, 6) is -1.60. The van der Waals surface area contributed by atoms with Gasteiger partial charge in [-0.05, 0) is 35.9 Å². The van der Waals surface area contributed by atoms with E-state index in [0.29, 0.717) is 5.56 Å². The SMILES string of the molecule is O=C(Nc1ccccc1F)c1ccc(=O)n(Cc2ccc(F)cc2)n1. The van der Waals surface area contributed by atoms with Crippen molar-refractivity contribution >= 4 is 11.6 Å². The highest BCUT2D eigenvalue weighted by atomic mass is 19.1. The zero-order valence-corrected chi connectivity index (χ0v) is 12.9. The minimum atomic E-state index is -0.641. The van der Waals surface area contributed by atoms with Crippen LogP contribution in [0.15, 0.2) is 65.5 Å². The van der Waals surface area contributed by atoms with Gasteiger partial charge in [-0.15, -0.1) is 0 Å². The number of carbonyl (C=O) groups excluding carboxylic acids is 1. The van der Waals surface area contributed by atoms with Crippen LogP contribution in [0.25, 0.3) is 0 Å². The number of para-hydroxylation sites is 1. The maximum Gasteiger partial charge on any atom is 0.276 e. The quantitative estimate of drug-likeness (QED) is 0.794. The Labute approximate surface area is 141 Å². The number of aromatic nitrogens is 2. The first kappa shape index (κ1) is 16.5. The molecule has 1 aromatic heterocycles. The second kappa shape index (κ2) is 7.04. The molecular formula is C18H13F2N3O2. The lowest BCUT2D eigenvalue weighted by Gasteiger charge is -2.08. The fraction of sp³-hybridized carbons (Fsp3) is 0.0556. The first-order valence-electron chi connectivity index (χ1n) is 7.41. The predicted molar refractivity (Wildman–Crippen MR) is 88.4 cm³/mol. The van der Waals surface area contributed by atoms with E-state index >= 15 is 0 Å². The van der Waals surface area contributed by atoms with Gasteiger partial charge in [-0.3, -0.25) is 9.59 Å². The Hall–Kier alpha value is -3.35. The number of amides is 1. The molecule has 0 fully saturated rings. The summed E-state index contributed by atoms with van der Waals surface area (Å²) >= 11 is 0. The largest absolute Gasteiger partial charge is 0.318 e. The average molecular weight is 341 g/mol. The molecule has 2 aromatic carbocycles. The van der Waals surface area contributed by atoms with Gasteiger partial charge in [0.2, 0.25) is 0 Å². The fourth-order valence-corrected chi connectivity index (χ4v) is 2.19. The third-order valence-corrected chi connectivity index (χ3v) is 3.47. The van der Waals surface area contributed by atoms with Gasteiger partial charge in [0.1, 0.15) is 17.3 Å². The van der Waals surface area contributed by atoms with Gasteiger partial charge in [0.15, 0.2) is 0 Å². The monoisotopic (exact) mass is 341 g/mol. The fourth-order valence-electron chi connectivity index (χ4n) is 2.19. The van der Waals surface area contributed by atoms with Crippen LogP contribution < -0.4 is 10.9 Å². The summed E-state index contributed by atoms with van der Waals surface area (Å²) in [5.41, 5.74) is 0.227. The standard InChI is InChI=1S/C18H13F2N3O2/c19-13-7-5-12(6-8-13)11-23-17(24)10-9-16(22-23)18(25)21-15-4-2-1-3-14(15)20/h1-10H,11H2,(H,21,25). The van der Waals surface area contributed by atoms with E-state index in [1.165, 1.54) is 54.6 Å². The minimum absolute atomic E-state index is 0.0191. The molecule has 0 aliphatic carbocycles. The number of halogens is 2. The van der Waals surface area contributed by atoms with Gasteiger partial charge in [-0.1, -0.05) is 24.3 Å². The van der Waals surface area contributed by atoms with Crippen LogP contribution in [0.4, 0.5) is 14.5 Å². The second-order valence-corrected chi connectivity index (χ2v) is 5.27. The molecule has 126 valence electrons. The molecule has 0 aliphatic rings. The van der Waals surface area contributed by atoms with Crippen molar-refractivity contribution in [1.29, 1.82) is 0 Å². The summed E-state index contributed by atoms with van der Waals surface area (Å²) in [5, 5.41) is 6.39. The molecule has 1 amide bonds. The van der Waals surface area contributed by atoms with E-state index in [-0.39, 0.29) is 23.7 Å². The Morgan fingerprint density at radius 3 is 2.44 bits per heavy atom. The van der Waals surface area contributed by atoms with Crippen LogP contribution in [0.2, 0.25) is 0 Å². The van der Waals surface area contributed by atoms with Crippen LogP contribution in [-0.4, -0.2) is 15.7 Å². The molecular weight excluding hydrogens is 328 g/mol. The topological polar surface area (TPSA) is 64.0 Å². The van der Waals surface area contributed by atoms with Gasteiger partial charge in [0.25, 0.3) is 11.5 Å². The number of carbonyl (C=O) groups is 1. The highest BCUT2D eigenvalue weighted by molar-refractivity contribution is 6.02. The number of rotatable bonds is 4. The molecule has 7 heteroatoms. The van der Waals surface area contributed by atoms with Crippen molar-refractivity contribution in [3.8, 4) is 0 Å². The summed E-state index contributed by atoms with van der Waals surface area (Å²) in [6.45, 7) is 0.0833. The van der Waals surface area contributed by atoms with Crippen LogP contribution in [0, 0.1) is 11.6 Å². The van der Waals surface area contributed by atoms with E-state index < -0.39 is 17.3 Å². The second-order valence-electron chi connectivity index (χ2n) is 5.27. The van der Waals surface area contributed by atoms with Crippen LogP contribution in [-0.2, 0) is 6.54 Å². The molecule has 0 unspecified atom stereocenters. The van der Waals surface area contributed by atoms with E-state index in [9.17, 15) is 18.4 Å². The Bertz CT molecular complexity index is 969. The Kier molecular flexibility index (Phi) is 4.65. The number of benzene rings is 2. The zero-order valence-electron chi connectivity index (χ0n) is 12.9. The first-order chi connectivity index (χ1) is 12.0. The Morgan fingerprint density at radius 1 is 1.00 bits per heavy atom. The molecule has 0 atom stereocenters. The van der Waals surface area contributed by atoms with Crippen LogP contribution in [0.1, 0.15) is 16.1 Å². The van der Waals surface area contributed by atoms with Crippen molar-refractivity contribution in [2.24, 2.45) is 0 Å². The van der Waals surface area contributed by atoms with Crippen molar-refractivity contribution in [3.63, 3.8) is 0 Å². The maximum absolute atomic E-state index is 13.6. The summed E-state index contributed by atoms with van der Waals surface area (Å²) < 4.78 is 27.6. The lowest BCUT2D eigenvalue weighted by molar-refractivity contribution is 0.101. The number of nitrogens with zero attached hydrogens (tertiary/aromatic N) is 2. The molecule has 1 heterocycles. The van der Waals surface area contributed by atoms with E-state index in [2.05, 4.69) is 10.4 Å². The van der Waals surface area contributed by atoms with Gasteiger partial charge in [0, 0.05) is 6.07 Å². The lowest BCUT2D eigenvalue weighted by atomic mass is 10.2. The third-order valence-electron chi connectivity index (χ3n) is 3.47. The minimum Gasteiger partial charge on any atom is -0.318 e. The predicted octanol–water partition coefficient (Wildman–Crippen LogP) is 2.82. The van der Waals surface area contributed by atoms with E-state index in [1.807, 2.05) is 0 Å². The smallest absolute Gasteiger partial charge is 0.276 e. The van der Waals surface area contributed by atoms with Gasteiger partial charge < -0.3 is 5.32 Å². The van der Waals surface area contributed by atoms with E-state index in [0.717, 1.165) is 4.68 Å². The number of hydrogen-bond donors (Lipinski definition) is 1. The number of anilines is 1. The molecule has 25 heavy (non-hydrogen) atoms. The highest BCUT2D eigenvalue weighted by Crippen LogP contribution is 2.13. The molecule has 0 saturated heterocycles. The molecule has 0 spiro atoms. The summed E-state index contributed by atoms with van der Waals surface area (Å²) in [4.78, 5) is 24.1. The normalized spacial score (nSPS) is 10.5. The summed E-state index contributed by atoms with van der Waals surface area (Å²) in [6.07, 6.45) is 0. The van der Waals surface area contributed by atoms with Crippen molar-refractivity contribution in [3.05, 3.63) is 93.9 Å². The van der Waals surface area contributed by atoms with Crippen molar-refractivity contribution in [2.45, 2.75) is 6.54 Å². The molecule has 3 rings (SSSR count). The van der Waals surface area contributed by atoms with Gasteiger partial charge in [-0.2, -0.15) is 5.10 Å². The maximum atomic E-state index is 13.6. The van der Waals surface area contributed by atoms with Gasteiger partial charge in [0.05, 0.1) is 12.2 Å². The van der Waals surface area contributed by atoms with Gasteiger partial charge >= 0.3 is 0 Å². The van der Waals surface area contributed by atoms with E-state index in [4.69, 9.17) is 0 Å². The Balaban J connectivity index is 1.83. The number of nitrogens with one attached hydrogen (secondary N) is 1. The summed E-state index contributed by atoms with van der Waals surface area (Å²) in [7, 11) is 0. The summed E-state index contributed by atoms with van der Waals surface area (Å²) in [6, 6.07) is 13.8. The molecule has 5 nitrogen and oxygen atoms in total. The first-order valence-corrected chi connectivity index (χ1v) is 7.41. The third kappa shape index (κ3) is 3.95. The average Bonchev–Trinajstić information content (AvgIpc) is 2.60. The molecule has 3 aromatic rings. The van der Waals surface area contributed by atoms with Crippen LogP contribution in [0.5, 0.6) is 0 Å². The van der Waals surface area contributed by atoms with Crippen LogP contribution in [0.3, 0.4) is 0 Å². The van der Waals surface area contributed by atoms with Gasteiger partial charge in [-0.25, -0.2) is 13.5 Å². The molecule has 0 bridgehead atoms. The lowest BCUT2D eigenvalue weighted by Crippen LogP contribution is -2.26. The zero-order chi connectivity index (χ0) is 17.8.